The Kier molecular flexibility index (Phi) is 7.42. The molecule has 35 heavy (non-hydrogen) atoms. The molecule has 1 aliphatic rings. The number of rotatable bonds is 7. The van der Waals surface area contributed by atoms with Crippen molar-refractivity contribution >= 4 is 51.6 Å². The van der Waals surface area contributed by atoms with Gasteiger partial charge in [-0.25, -0.2) is 14.4 Å². The van der Waals surface area contributed by atoms with Crippen LogP contribution in [0, 0.1) is 5.82 Å². The van der Waals surface area contributed by atoms with Gasteiger partial charge in [-0.3, -0.25) is 14.5 Å². The molecule has 1 saturated heterocycles. The highest BCUT2D eigenvalue weighted by atomic mass is 35.5. The summed E-state index contributed by atoms with van der Waals surface area (Å²) in [6, 6.07) is 7.61. The van der Waals surface area contributed by atoms with Crippen molar-refractivity contribution in [3.63, 3.8) is 0 Å². The first-order chi connectivity index (χ1) is 16.8. The minimum absolute atomic E-state index is 0.0225. The van der Waals surface area contributed by atoms with Gasteiger partial charge in [0.25, 0.3) is 0 Å². The van der Waals surface area contributed by atoms with Crippen LogP contribution < -0.4 is 15.4 Å². The molecule has 1 aliphatic heterocycles. The fourth-order valence-corrected chi connectivity index (χ4v) is 3.87. The summed E-state index contributed by atoms with van der Waals surface area (Å²) in [6.07, 6.45) is 4.28. The van der Waals surface area contributed by atoms with E-state index in [1.54, 1.807) is 18.2 Å². The summed E-state index contributed by atoms with van der Waals surface area (Å²) in [5.74, 6) is -0.315. The van der Waals surface area contributed by atoms with Gasteiger partial charge in [-0.05, 0) is 31.2 Å². The predicted molar refractivity (Wildman–Crippen MR) is 131 cm³/mol. The van der Waals surface area contributed by atoms with Crippen molar-refractivity contribution in [2.45, 2.75) is 13.0 Å². The topological polar surface area (TPSA) is 106 Å². The number of hydrogen-bond acceptors (Lipinski definition) is 8. The molecule has 0 saturated carbocycles. The van der Waals surface area contributed by atoms with Crippen LogP contribution in [0.5, 0.6) is 5.75 Å². The van der Waals surface area contributed by atoms with E-state index in [4.69, 9.17) is 21.1 Å². The number of fused-ring (bicyclic) bond motifs is 1. The number of hydrogen-bond donors (Lipinski definition) is 2. The molecular formula is C24H23ClFN5O4. The molecule has 0 bridgehead atoms. The Morgan fingerprint density at radius 1 is 1.34 bits per heavy atom. The number of carbonyl (C=O) groups excluding carboxylic acids is 2. The van der Waals surface area contributed by atoms with E-state index in [-0.39, 0.29) is 29.5 Å². The first-order valence-electron chi connectivity index (χ1n) is 10.8. The van der Waals surface area contributed by atoms with Gasteiger partial charge in [0.1, 0.15) is 29.8 Å². The van der Waals surface area contributed by atoms with Crippen LogP contribution in [0.3, 0.4) is 0 Å². The number of nitrogens with zero attached hydrogens (tertiary/aromatic N) is 3. The standard InChI is InChI=1S/C24H23ClFN5O4/c1-14-11-31(12-23(33)35-14)7-3-4-22(32)30-20-9-16-19(10-21(20)34-2)27-13-28-24(16)29-15-5-6-18(26)17(25)8-15/h3-6,8-10,13-14H,7,11-12H2,1-2H3,(H,30,32)(H,27,28,29)/t14-/m1/s1. The number of morpholine rings is 1. The number of carbonyl (C=O) groups is 2. The van der Waals surface area contributed by atoms with E-state index in [1.807, 2.05) is 11.8 Å². The molecule has 4 rings (SSSR count). The van der Waals surface area contributed by atoms with E-state index in [0.717, 1.165) is 0 Å². The monoisotopic (exact) mass is 499 g/mol. The molecule has 2 aromatic carbocycles. The van der Waals surface area contributed by atoms with Crippen LogP contribution in [0.25, 0.3) is 10.9 Å². The third-order valence-corrected chi connectivity index (χ3v) is 5.52. The van der Waals surface area contributed by atoms with Gasteiger partial charge in [0.2, 0.25) is 5.91 Å². The van der Waals surface area contributed by atoms with Crippen molar-refractivity contribution in [1.29, 1.82) is 0 Å². The minimum atomic E-state index is -0.526. The first-order valence-corrected chi connectivity index (χ1v) is 11.1. The van der Waals surface area contributed by atoms with E-state index in [2.05, 4.69) is 20.6 Å². The Hall–Kier alpha value is -3.76. The molecule has 11 heteroatoms. The summed E-state index contributed by atoms with van der Waals surface area (Å²) >= 11 is 5.88. The van der Waals surface area contributed by atoms with E-state index in [0.29, 0.717) is 46.9 Å². The third kappa shape index (κ3) is 6.03. The Morgan fingerprint density at radius 3 is 2.91 bits per heavy atom. The second kappa shape index (κ2) is 10.7. The largest absolute Gasteiger partial charge is 0.494 e. The maximum absolute atomic E-state index is 13.5. The molecule has 1 atom stereocenters. The van der Waals surface area contributed by atoms with Crippen molar-refractivity contribution in [3.8, 4) is 5.75 Å². The van der Waals surface area contributed by atoms with Crippen molar-refractivity contribution in [2.75, 3.05) is 37.4 Å². The van der Waals surface area contributed by atoms with Crippen molar-refractivity contribution in [2.24, 2.45) is 0 Å². The lowest BCUT2D eigenvalue weighted by atomic mass is 10.1. The summed E-state index contributed by atoms with van der Waals surface area (Å²) in [4.78, 5) is 34.6. The quantitative estimate of drug-likeness (QED) is 0.372. The lowest BCUT2D eigenvalue weighted by molar-refractivity contribution is -0.156. The van der Waals surface area contributed by atoms with Crippen LogP contribution in [0.2, 0.25) is 5.02 Å². The number of halogens is 2. The van der Waals surface area contributed by atoms with Gasteiger partial charge in [0, 0.05) is 36.3 Å². The van der Waals surface area contributed by atoms with E-state index >= 15 is 0 Å². The number of esters is 1. The number of nitrogens with one attached hydrogen (secondary N) is 2. The molecule has 3 aromatic rings. The molecule has 1 amide bonds. The number of anilines is 3. The predicted octanol–water partition coefficient (Wildman–Crippen LogP) is 3.92. The normalized spacial score (nSPS) is 16.3. The van der Waals surface area contributed by atoms with Crippen LogP contribution in [0.15, 0.2) is 48.8 Å². The molecule has 0 unspecified atom stereocenters. The number of amides is 1. The lowest BCUT2D eigenvalue weighted by Gasteiger charge is -2.29. The van der Waals surface area contributed by atoms with Crippen LogP contribution in [-0.4, -0.2) is 59.6 Å². The average molecular weight is 500 g/mol. The number of ether oxygens (including phenoxy) is 2. The van der Waals surface area contributed by atoms with Crippen molar-refractivity contribution in [3.05, 3.63) is 59.7 Å². The maximum atomic E-state index is 13.5. The molecule has 182 valence electrons. The summed E-state index contributed by atoms with van der Waals surface area (Å²) in [6.45, 7) is 3.04. The zero-order valence-electron chi connectivity index (χ0n) is 19.0. The van der Waals surface area contributed by atoms with Gasteiger partial charge in [-0.1, -0.05) is 17.7 Å². The zero-order chi connectivity index (χ0) is 24.9. The van der Waals surface area contributed by atoms with Crippen LogP contribution in [0.4, 0.5) is 21.6 Å². The molecule has 2 heterocycles. The van der Waals surface area contributed by atoms with Crippen molar-refractivity contribution in [1.82, 2.24) is 14.9 Å². The van der Waals surface area contributed by atoms with Crippen LogP contribution >= 0.6 is 11.6 Å². The molecule has 0 spiro atoms. The maximum Gasteiger partial charge on any atom is 0.320 e. The molecule has 0 aliphatic carbocycles. The number of methoxy groups -OCH3 is 1. The van der Waals surface area contributed by atoms with E-state index in [1.165, 1.54) is 37.7 Å². The van der Waals surface area contributed by atoms with Gasteiger partial charge < -0.3 is 20.1 Å². The van der Waals surface area contributed by atoms with E-state index in [9.17, 15) is 14.0 Å². The van der Waals surface area contributed by atoms with Gasteiger partial charge in [0.15, 0.2) is 0 Å². The lowest BCUT2D eigenvalue weighted by Crippen LogP contribution is -2.44. The number of cyclic esters (lactones) is 1. The van der Waals surface area contributed by atoms with Crippen LogP contribution in [-0.2, 0) is 14.3 Å². The number of aromatic nitrogens is 2. The Labute approximate surface area is 205 Å². The highest BCUT2D eigenvalue weighted by Gasteiger charge is 2.22. The Bertz CT molecular complexity index is 1300. The summed E-state index contributed by atoms with van der Waals surface area (Å²) in [7, 11) is 1.49. The molecule has 1 fully saturated rings. The van der Waals surface area contributed by atoms with Gasteiger partial charge in [-0.15, -0.1) is 0 Å². The van der Waals surface area contributed by atoms with Gasteiger partial charge >= 0.3 is 5.97 Å². The van der Waals surface area contributed by atoms with Gasteiger partial charge in [0.05, 0.1) is 29.9 Å². The second-order valence-corrected chi connectivity index (χ2v) is 8.34. The Morgan fingerprint density at radius 2 is 2.17 bits per heavy atom. The second-order valence-electron chi connectivity index (χ2n) is 7.93. The molecule has 9 nitrogen and oxygen atoms in total. The fourth-order valence-electron chi connectivity index (χ4n) is 3.69. The molecule has 0 radical (unpaired) electrons. The first kappa shape index (κ1) is 24.4. The summed E-state index contributed by atoms with van der Waals surface area (Å²) < 4.78 is 24.0. The summed E-state index contributed by atoms with van der Waals surface area (Å²) in [5, 5.41) is 6.48. The SMILES string of the molecule is COc1cc2ncnc(Nc3ccc(F)c(Cl)c3)c2cc1NC(=O)C=CCN1CC(=O)O[C@H](C)C1. The van der Waals surface area contributed by atoms with Crippen LogP contribution in [0.1, 0.15) is 6.92 Å². The van der Waals surface area contributed by atoms with Crippen molar-refractivity contribution < 1.29 is 23.5 Å². The molecule has 2 N–H and O–H groups in total. The highest BCUT2D eigenvalue weighted by Crippen LogP contribution is 2.33. The number of benzene rings is 2. The minimum Gasteiger partial charge on any atom is -0.494 e. The van der Waals surface area contributed by atoms with Gasteiger partial charge in [-0.2, -0.15) is 0 Å². The third-order valence-electron chi connectivity index (χ3n) is 5.23. The zero-order valence-corrected chi connectivity index (χ0v) is 19.8. The Balaban J connectivity index is 1.52. The fraction of sp³-hybridized carbons (Fsp3) is 0.250. The van der Waals surface area contributed by atoms with E-state index < -0.39 is 5.82 Å². The molecule has 1 aromatic heterocycles. The highest BCUT2D eigenvalue weighted by molar-refractivity contribution is 6.31. The average Bonchev–Trinajstić information content (AvgIpc) is 2.81. The molecular weight excluding hydrogens is 477 g/mol. The summed E-state index contributed by atoms with van der Waals surface area (Å²) in [5.41, 5.74) is 1.53. The smallest absolute Gasteiger partial charge is 0.320 e.